The molecule has 2 rings (SSSR count). The van der Waals surface area contributed by atoms with Gasteiger partial charge in [0, 0.05) is 13.0 Å². The van der Waals surface area contributed by atoms with Gasteiger partial charge in [0.15, 0.2) is 12.6 Å². The highest BCUT2D eigenvalue weighted by Crippen LogP contribution is 2.27. The molecule has 14 heteroatoms. The van der Waals surface area contributed by atoms with Crippen molar-refractivity contribution in [3.63, 3.8) is 0 Å². The van der Waals surface area contributed by atoms with Crippen molar-refractivity contribution < 1.29 is 69.0 Å². The van der Waals surface area contributed by atoms with Crippen LogP contribution >= 0.6 is 0 Å². The fourth-order valence-electron chi connectivity index (χ4n) is 9.69. The predicted molar refractivity (Wildman–Crippen MR) is 284 cm³/mol. The van der Waals surface area contributed by atoms with E-state index in [0.29, 0.717) is 13.0 Å². The van der Waals surface area contributed by atoms with Crippen LogP contribution in [0.3, 0.4) is 0 Å². The van der Waals surface area contributed by atoms with E-state index in [-0.39, 0.29) is 25.6 Å². The van der Waals surface area contributed by atoms with E-state index in [2.05, 4.69) is 26.0 Å². The number of esters is 1. The van der Waals surface area contributed by atoms with Gasteiger partial charge < -0.3 is 64.2 Å². The van der Waals surface area contributed by atoms with Crippen molar-refractivity contribution in [3.8, 4) is 0 Å². The number of rotatable bonds is 49. The van der Waals surface area contributed by atoms with Crippen LogP contribution in [0.1, 0.15) is 251 Å². The summed E-state index contributed by atoms with van der Waals surface area (Å²) in [5, 5.41) is 72.3. The molecule has 2 fully saturated rings. The van der Waals surface area contributed by atoms with E-state index in [0.717, 1.165) is 44.9 Å². The summed E-state index contributed by atoms with van der Waals surface area (Å²) in [5.41, 5.74) is 0. The minimum Gasteiger partial charge on any atom is -0.457 e. The number of ether oxygens (including phenoxy) is 6. The molecule has 0 amide bonds. The molecular formula is C58H110O14. The lowest BCUT2D eigenvalue weighted by Gasteiger charge is -2.42. The van der Waals surface area contributed by atoms with E-state index in [1.54, 1.807) is 0 Å². The molecule has 11 unspecified atom stereocenters. The number of aliphatic hydroxyl groups is 7. The zero-order chi connectivity index (χ0) is 52.3. The number of allylic oxidation sites excluding steroid dienone is 2. The Morgan fingerprint density at radius 3 is 1.26 bits per heavy atom. The minimum atomic E-state index is -1.70. The number of carbonyl (C=O) groups excluding carboxylic acids is 1. The van der Waals surface area contributed by atoms with E-state index in [4.69, 9.17) is 28.4 Å². The molecule has 72 heavy (non-hydrogen) atoms. The smallest absolute Gasteiger partial charge is 0.306 e. The molecule has 14 nitrogen and oxygen atoms in total. The fourth-order valence-corrected chi connectivity index (χ4v) is 9.69. The highest BCUT2D eigenvalue weighted by molar-refractivity contribution is 5.69. The standard InChI is InChI=1S/C58H110O14/c1-3-5-7-9-11-13-15-17-19-21-22-23-24-25-26-27-29-31-33-35-37-39-41-50(60)70-47(44-67-42-40-38-36-34-32-30-28-20-18-16-14-12-10-8-6-4-2)45-68-57-56(66)54(64)52(62)49(72-57)46-69-58-55(65)53(63)51(61)48(43-59)71-58/h18,20,47-49,51-59,61-66H,3-17,19,21-46H2,1-2H3/b20-18-. The number of unbranched alkanes of at least 4 members (excludes halogenated alkanes) is 33. The van der Waals surface area contributed by atoms with E-state index < -0.39 is 80.7 Å². The predicted octanol–water partition coefficient (Wildman–Crippen LogP) is 10.6. The number of hydrogen-bond acceptors (Lipinski definition) is 14. The zero-order valence-corrected chi connectivity index (χ0v) is 45.7. The molecule has 2 aliphatic heterocycles. The first-order valence-corrected chi connectivity index (χ1v) is 29.8. The summed E-state index contributed by atoms with van der Waals surface area (Å²) in [6.07, 6.45) is 34.2. The monoisotopic (exact) mass is 1030 g/mol. The van der Waals surface area contributed by atoms with E-state index in [1.807, 2.05) is 0 Å². The molecule has 2 aliphatic rings. The summed E-state index contributed by atoms with van der Waals surface area (Å²) in [6, 6.07) is 0. The second-order valence-corrected chi connectivity index (χ2v) is 21.2. The third-order valence-electron chi connectivity index (χ3n) is 14.5. The van der Waals surface area contributed by atoms with Gasteiger partial charge >= 0.3 is 5.97 Å². The Kier molecular flexibility index (Phi) is 42.6. The molecule has 7 N–H and O–H groups in total. The van der Waals surface area contributed by atoms with Crippen LogP contribution in [-0.2, 0) is 33.2 Å². The fraction of sp³-hybridized carbons (Fsp3) is 0.948. The summed E-state index contributed by atoms with van der Waals surface area (Å²) < 4.78 is 34.4. The Hall–Kier alpha value is -1.27. The van der Waals surface area contributed by atoms with Crippen molar-refractivity contribution in [3.05, 3.63) is 12.2 Å². The summed E-state index contributed by atoms with van der Waals surface area (Å²) in [5.74, 6) is -0.371. The Morgan fingerprint density at radius 1 is 0.444 bits per heavy atom. The summed E-state index contributed by atoms with van der Waals surface area (Å²) in [4.78, 5) is 13.1. The lowest BCUT2D eigenvalue weighted by Crippen LogP contribution is -2.61. The Morgan fingerprint density at radius 2 is 0.819 bits per heavy atom. The molecule has 0 radical (unpaired) electrons. The molecule has 0 bridgehead atoms. The second kappa shape index (κ2) is 45.9. The number of carbonyl (C=O) groups is 1. The van der Waals surface area contributed by atoms with E-state index in [9.17, 15) is 40.5 Å². The number of hydrogen-bond donors (Lipinski definition) is 7. The molecule has 2 heterocycles. The van der Waals surface area contributed by atoms with Gasteiger partial charge in [-0.2, -0.15) is 0 Å². The van der Waals surface area contributed by atoms with Crippen LogP contribution in [0.25, 0.3) is 0 Å². The summed E-state index contributed by atoms with van der Waals surface area (Å²) >= 11 is 0. The lowest BCUT2D eigenvalue weighted by atomic mass is 9.98. The molecule has 0 aromatic carbocycles. The molecule has 0 spiro atoms. The van der Waals surface area contributed by atoms with Crippen molar-refractivity contribution in [1.29, 1.82) is 0 Å². The van der Waals surface area contributed by atoms with Gasteiger partial charge in [-0.15, -0.1) is 0 Å². The van der Waals surface area contributed by atoms with Gasteiger partial charge in [-0.3, -0.25) is 4.79 Å². The van der Waals surface area contributed by atoms with Crippen LogP contribution in [-0.4, -0.2) is 142 Å². The summed E-state index contributed by atoms with van der Waals surface area (Å²) in [6.45, 7) is 3.73. The zero-order valence-electron chi connectivity index (χ0n) is 45.7. The van der Waals surface area contributed by atoms with Crippen molar-refractivity contribution in [1.82, 2.24) is 0 Å². The van der Waals surface area contributed by atoms with Crippen LogP contribution in [0.4, 0.5) is 0 Å². The van der Waals surface area contributed by atoms with Crippen molar-refractivity contribution in [2.45, 2.75) is 319 Å². The molecule has 0 aromatic heterocycles. The highest BCUT2D eigenvalue weighted by atomic mass is 16.7. The SMILES string of the molecule is CCCCCCCC/C=C\CCCCCCCCOCC(COC1OC(COC2OC(CO)C(O)C(O)C2O)C(O)C(O)C1O)OC(=O)CCCCCCCCCCCCCCCCCCCCCCCC. The molecule has 426 valence electrons. The highest BCUT2D eigenvalue weighted by Gasteiger charge is 2.47. The Bertz CT molecular complexity index is 1240. The van der Waals surface area contributed by atoms with Gasteiger partial charge in [-0.1, -0.05) is 219 Å². The van der Waals surface area contributed by atoms with Crippen molar-refractivity contribution >= 4 is 5.97 Å². The second-order valence-electron chi connectivity index (χ2n) is 21.2. The number of aliphatic hydroxyl groups excluding tert-OH is 7. The van der Waals surface area contributed by atoms with E-state index >= 15 is 0 Å². The Labute approximate surface area is 437 Å². The third-order valence-corrected chi connectivity index (χ3v) is 14.5. The maximum absolute atomic E-state index is 13.1. The first-order valence-electron chi connectivity index (χ1n) is 29.8. The van der Waals surface area contributed by atoms with Crippen LogP contribution in [0.5, 0.6) is 0 Å². The first-order chi connectivity index (χ1) is 35.1. The topological polar surface area (TPSA) is 214 Å². The maximum Gasteiger partial charge on any atom is 0.306 e. The average molecular weight is 1030 g/mol. The quantitative estimate of drug-likeness (QED) is 0.0172. The minimum absolute atomic E-state index is 0.0633. The van der Waals surface area contributed by atoms with Gasteiger partial charge in [0.25, 0.3) is 0 Å². The summed E-state index contributed by atoms with van der Waals surface area (Å²) in [7, 11) is 0. The largest absolute Gasteiger partial charge is 0.457 e. The molecular weight excluding hydrogens is 921 g/mol. The average Bonchev–Trinajstić information content (AvgIpc) is 3.38. The van der Waals surface area contributed by atoms with Gasteiger partial charge in [-0.25, -0.2) is 0 Å². The lowest BCUT2D eigenvalue weighted by molar-refractivity contribution is -0.332. The third kappa shape index (κ3) is 32.3. The van der Waals surface area contributed by atoms with Crippen molar-refractivity contribution in [2.24, 2.45) is 0 Å². The van der Waals surface area contributed by atoms with Crippen molar-refractivity contribution in [2.75, 3.05) is 33.0 Å². The molecule has 0 aromatic rings. The van der Waals surface area contributed by atoms with Gasteiger partial charge in [0.1, 0.15) is 54.9 Å². The molecule has 2 saturated heterocycles. The van der Waals surface area contributed by atoms with Crippen LogP contribution in [0, 0.1) is 0 Å². The van der Waals surface area contributed by atoms with Gasteiger partial charge in [0.05, 0.1) is 26.4 Å². The van der Waals surface area contributed by atoms with Gasteiger partial charge in [0.2, 0.25) is 0 Å². The van der Waals surface area contributed by atoms with E-state index in [1.165, 1.54) is 180 Å². The normalized spacial score (nSPS) is 25.1. The first kappa shape index (κ1) is 66.8. The van der Waals surface area contributed by atoms with Crippen LogP contribution < -0.4 is 0 Å². The molecule has 0 saturated carbocycles. The van der Waals surface area contributed by atoms with Gasteiger partial charge in [-0.05, 0) is 38.5 Å². The van der Waals surface area contributed by atoms with Crippen LogP contribution in [0.2, 0.25) is 0 Å². The molecule has 0 aliphatic carbocycles. The van der Waals surface area contributed by atoms with Crippen LogP contribution in [0.15, 0.2) is 12.2 Å². The Balaban J connectivity index is 1.69. The maximum atomic E-state index is 13.1. The molecule has 11 atom stereocenters.